The molecule has 2 aromatic carbocycles. The standard InChI is InChI=1S/C22H16N8O4/c23-12-18-20(16-4-2-1-3-5-16)25-22(26-21(18)31)27-24-13-15-6-8-17(9-7-15)34-14-29-11-10-19(28-29)30(32)33/h1-11,13H,14H2,(H2,25,26,27,31). The average molecular weight is 456 g/mol. The fraction of sp³-hybridized carbons (Fsp3) is 0.0455. The highest BCUT2D eigenvalue weighted by molar-refractivity contribution is 5.80. The maximum Gasteiger partial charge on any atom is 0.390 e. The summed E-state index contributed by atoms with van der Waals surface area (Å²) in [7, 11) is 0. The van der Waals surface area contributed by atoms with Gasteiger partial charge in [0, 0.05) is 5.56 Å². The van der Waals surface area contributed by atoms with Crippen LogP contribution in [0.15, 0.2) is 76.8 Å². The molecule has 0 radical (unpaired) electrons. The van der Waals surface area contributed by atoms with Gasteiger partial charge < -0.3 is 14.9 Å². The number of rotatable bonds is 8. The Hall–Kier alpha value is -5.31. The van der Waals surface area contributed by atoms with E-state index in [2.05, 4.69) is 25.6 Å². The lowest BCUT2D eigenvalue weighted by molar-refractivity contribution is -0.389. The minimum absolute atomic E-state index is 0.0182. The molecule has 0 aliphatic rings. The molecule has 0 saturated carbocycles. The zero-order valence-electron chi connectivity index (χ0n) is 17.5. The number of nitrogens with one attached hydrogen (secondary N) is 2. The van der Waals surface area contributed by atoms with E-state index in [1.807, 2.05) is 12.1 Å². The number of nitrogens with zero attached hydrogens (tertiary/aromatic N) is 6. The summed E-state index contributed by atoms with van der Waals surface area (Å²) in [6.07, 6.45) is 2.97. The number of hydrogen-bond acceptors (Lipinski definition) is 9. The third kappa shape index (κ3) is 5.11. The van der Waals surface area contributed by atoms with Crippen LogP contribution in [0.4, 0.5) is 11.8 Å². The minimum atomic E-state index is -0.579. The van der Waals surface area contributed by atoms with Gasteiger partial charge in [0.2, 0.25) is 12.7 Å². The van der Waals surface area contributed by atoms with Gasteiger partial charge in [-0.05, 0) is 34.8 Å². The Morgan fingerprint density at radius 1 is 1.21 bits per heavy atom. The number of hydrogen-bond donors (Lipinski definition) is 2. The number of aromatic nitrogens is 4. The number of hydrazone groups is 1. The third-order valence-electron chi connectivity index (χ3n) is 4.52. The van der Waals surface area contributed by atoms with Crippen molar-refractivity contribution in [1.29, 1.82) is 5.26 Å². The number of nitro groups is 1. The third-order valence-corrected chi connectivity index (χ3v) is 4.52. The molecule has 0 aliphatic carbocycles. The number of H-pyrrole nitrogens is 1. The van der Waals surface area contributed by atoms with Gasteiger partial charge in [-0.1, -0.05) is 30.3 Å². The van der Waals surface area contributed by atoms with Crippen LogP contribution in [-0.4, -0.2) is 30.9 Å². The van der Waals surface area contributed by atoms with Crippen molar-refractivity contribution < 1.29 is 9.66 Å². The summed E-state index contributed by atoms with van der Waals surface area (Å²) in [4.78, 5) is 29.2. The van der Waals surface area contributed by atoms with Crippen LogP contribution in [0.25, 0.3) is 11.3 Å². The van der Waals surface area contributed by atoms with Gasteiger partial charge in [0.25, 0.3) is 5.56 Å². The molecule has 0 spiro atoms. The quantitative estimate of drug-likeness (QED) is 0.232. The molecule has 4 aromatic rings. The molecule has 0 amide bonds. The summed E-state index contributed by atoms with van der Waals surface area (Å²) in [5.74, 6) is 0.373. The number of aromatic amines is 1. The SMILES string of the molecule is N#Cc1c(-c2ccccc2)nc(NN=Cc2ccc(OCn3ccc([N+](=O)[O-])n3)cc2)[nH]c1=O. The maximum absolute atomic E-state index is 12.3. The van der Waals surface area contributed by atoms with Crippen molar-refractivity contribution >= 4 is 18.0 Å². The van der Waals surface area contributed by atoms with E-state index in [9.17, 15) is 20.2 Å². The first-order chi connectivity index (χ1) is 16.5. The molecule has 2 aromatic heterocycles. The zero-order valence-corrected chi connectivity index (χ0v) is 17.5. The van der Waals surface area contributed by atoms with Gasteiger partial charge in [0.05, 0.1) is 29.3 Å². The van der Waals surface area contributed by atoms with Crippen LogP contribution in [0, 0.1) is 21.4 Å². The Morgan fingerprint density at radius 3 is 2.65 bits per heavy atom. The highest BCUT2D eigenvalue weighted by atomic mass is 16.6. The molecule has 0 bridgehead atoms. The second-order valence-corrected chi connectivity index (χ2v) is 6.80. The average Bonchev–Trinajstić information content (AvgIpc) is 3.33. The summed E-state index contributed by atoms with van der Waals surface area (Å²) >= 11 is 0. The second-order valence-electron chi connectivity index (χ2n) is 6.80. The number of ether oxygens (including phenoxy) is 1. The first kappa shape index (κ1) is 21.9. The van der Waals surface area contributed by atoms with Gasteiger partial charge in [-0.3, -0.25) is 9.78 Å². The van der Waals surface area contributed by atoms with Gasteiger partial charge in [0.15, 0.2) is 0 Å². The highest BCUT2D eigenvalue weighted by Crippen LogP contribution is 2.19. The Bertz CT molecular complexity index is 1440. The van der Waals surface area contributed by atoms with Gasteiger partial charge in [-0.25, -0.2) is 10.4 Å². The van der Waals surface area contributed by atoms with Crippen LogP contribution in [0.2, 0.25) is 0 Å². The molecule has 0 fully saturated rings. The van der Waals surface area contributed by atoms with E-state index in [1.54, 1.807) is 48.5 Å². The predicted octanol–water partition coefficient (Wildman–Crippen LogP) is 2.90. The molecule has 0 saturated heterocycles. The van der Waals surface area contributed by atoms with Crippen molar-refractivity contribution in [3.8, 4) is 23.1 Å². The summed E-state index contributed by atoms with van der Waals surface area (Å²) < 4.78 is 6.86. The summed E-state index contributed by atoms with van der Waals surface area (Å²) in [6, 6.07) is 19.0. The molecule has 12 nitrogen and oxygen atoms in total. The van der Waals surface area contributed by atoms with Crippen LogP contribution in [0.1, 0.15) is 11.1 Å². The van der Waals surface area contributed by atoms with Gasteiger partial charge in [-0.15, -0.1) is 4.68 Å². The summed E-state index contributed by atoms with van der Waals surface area (Å²) in [6.45, 7) is 0.0182. The Morgan fingerprint density at radius 2 is 1.97 bits per heavy atom. The van der Waals surface area contributed by atoms with E-state index >= 15 is 0 Å². The van der Waals surface area contributed by atoms with Crippen LogP contribution in [0.3, 0.4) is 0 Å². The van der Waals surface area contributed by atoms with E-state index in [4.69, 9.17) is 4.74 Å². The van der Waals surface area contributed by atoms with Crippen molar-refractivity contribution in [1.82, 2.24) is 19.7 Å². The first-order valence-electron chi connectivity index (χ1n) is 9.83. The lowest BCUT2D eigenvalue weighted by Crippen LogP contribution is -2.16. The van der Waals surface area contributed by atoms with Crippen molar-refractivity contribution in [3.05, 3.63) is 98.5 Å². The summed E-state index contributed by atoms with van der Waals surface area (Å²) in [5.41, 5.74) is 3.63. The Kier molecular flexibility index (Phi) is 6.36. The Labute approximate surface area is 191 Å². The molecule has 0 atom stereocenters. The first-order valence-corrected chi connectivity index (χ1v) is 9.83. The smallest absolute Gasteiger partial charge is 0.390 e. The van der Waals surface area contributed by atoms with Crippen molar-refractivity contribution in [3.63, 3.8) is 0 Å². The fourth-order valence-electron chi connectivity index (χ4n) is 2.91. The second kappa shape index (κ2) is 9.88. The van der Waals surface area contributed by atoms with Crippen molar-refractivity contribution in [2.24, 2.45) is 5.10 Å². The molecule has 0 unspecified atom stereocenters. The van der Waals surface area contributed by atoms with E-state index < -0.39 is 10.5 Å². The fourth-order valence-corrected chi connectivity index (χ4v) is 2.91. The van der Waals surface area contributed by atoms with E-state index in [0.717, 1.165) is 5.56 Å². The maximum atomic E-state index is 12.3. The largest absolute Gasteiger partial charge is 0.469 e. The zero-order chi connectivity index (χ0) is 23.9. The molecular formula is C22H16N8O4. The monoisotopic (exact) mass is 456 g/mol. The molecule has 2 N–H and O–H groups in total. The molecule has 34 heavy (non-hydrogen) atoms. The normalized spacial score (nSPS) is 10.7. The van der Waals surface area contributed by atoms with Crippen molar-refractivity contribution in [2.45, 2.75) is 6.73 Å². The highest BCUT2D eigenvalue weighted by Gasteiger charge is 2.13. The molecular weight excluding hydrogens is 440 g/mol. The van der Waals surface area contributed by atoms with Gasteiger partial charge in [-0.2, -0.15) is 10.4 Å². The van der Waals surface area contributed by atoms with Crippen LogP contribution < -0.4 is 15.7 Å². The molecule has 12 heteroatoms. The van der Waals surface area contributed by atoms with Crippen molar-refractivity contribution in [2.75, 3.05) is 5.43 Å². The lowest BCUT2D eigenvalue weighted by Gasteiger charge is -2.06. The number of nitriles is 1. The molecule has 2 heterocycles. The molecule has 168 valence electrons. The lowest BCUT2D eigenvalue weighted by atomic mass is 10.1. The topological polar surface area (TPSA) is 164 Å². The van der Waals surface area contributed by atoms with E-state index in [0.29, 0.717) is 11.3 Å². The summed E-state index contributed by atoms with van der Waals surface area (Å²) in [5, 5.41) is 27.8. The number of anilines is 1. The van der Waals surface area contributed by atoms with Gasteiger partial charge in [0.1, 0.15) is 17.4 Å². The minimum Gasteiger partial charge on any atom is -0.469 e. The van der Waals surface area contributed by atoms with Crippen LogP contribution in [0.5, 0.6) is 5.75 Å². The van der Waals surface area contributed by atoms with E-state index in [-0.39, 0.29) is 29.8 Å². The van der Waals surface area contributed by atoms with Crippen LogP contribution in [-0.2, 0) is 6.73 Å². The predicted molar refractivity (Wildman–Crippen MR) is 122 cm³/mol. The van der Waals surface area contributed by atoms with Gasteiger partial charge >= 0.3 is 5.82 Å². The van der Waals surface area contributed by atoms with Crippen LogP contribution >= 0.6 is 0 Å². The molecule has 0 aliphatic heterocycles. The Balaban J connectivity index is 1.40. The molecule has 4 rings (SSSR count). The van der Waals surface area contributed by atoms with E-state index in [1.165, 1.54) is 23.2 Å². The number of benzene rings is 2.